The number of aryl methyl sites for hydroxylation is 1. The third kappa shape index (κ3) is 2.41. The molecule has 19 heavy (non-hydrogen) atoms. The van der Waals surface area contributed by atoms with E-state index in [0.29, 0.717) is 12.3 Å². The lowest BCUT2D eigenvalue weighted by atomic mass is 10.2. The topological polar surface area (TPSA) is 81.4 Å². The van der Waals surface area contributed by atoms with Gasteiger partial charge in [0.2, 0.25) is 5.82 Å². The van der Waals surface area contributed by atoms with Gasteiger partial charge in [0.15, 0.2) is 0 Å². The van der Waals surface area contributed by atoms with E-state index in [0.717, 1.165) is 25.1 Å². The summed E-state index contributed by atoms with van der Waals surface area (Å²) in [6.45, 7) is 3.15. The molecule has 7 nitrogen and oxygen atoms in total. The van der Waals surface area contributed by atoms with Gasteiger partial charge in [-0.15, -0.1) is 10.2 Å². The van der Waals surface area contributed by atoms with Crippen LogP contribution >= 0.6 is 0 Å². The van der Waals surface area contributed by atoms with Crippen molar-refractivity contribution in [2.75, 3.05) is 13.2 Å². The van der Waals surface area contributed by atoms with Gasteiger partial charge in [-0.2, -0.15) is 0 Å². The van der Waals surface area contributed by atoms with Crippen molar-refractivity contribution in [3.63, 3.8) is 0 Å². The highest BCUT2D eigenvalue weighted by Gasteiger charge is 2.19. The molecular weight excluding hydrogens is 246 g/mol. The predicted octanol–water partition coefficient (Wildman–Crippen LogP) is 0.342. The van der Waals surface area contributed by atoms with Crippen LogP contribution in [-0.2, 0) is 4.74 Å². The summed E-state index contributed by atoms with van der Waals surface area (Å²) in [5.74, 6) is 0.427. The Morgan fingerprint density at radius 2 is 2.47 bits per heavy atom. The van der Waals surface area contributed by atoms with Crippen LogP contribution in [0.5, 0.6) is 0 Å². The van der Waals surface area contributed by atoms with Gasteiger partial charge in [-0.05, 0) is 25.8 Å². The van der Waals surface area contributed by atoms with Gasteiger partial charge in [-0.1, -0.05) is 0 Å². The number of carbonyl (C=O) groups is 1. The first-order valence-corrected chi connectivity index (χ1v) is 6.32. The van der Waals surface area contributed by atoms with Crippen molar-refractivity contribution >= 4 is 11.7 Å². The molecule has 0 bridgehead atoms. The largest absolute Gasteiger partial charge is 0.376 e. The molecule has 1 amide bonds. The maximum absolute atomic E-state index is 12.0. The monoisotopic (exact) mass is 261 g/mol. The summed E-state index contributed by atoms with van der Waals surface area (Å²) in [4.78, 5) is 16.2. The lowest BCUT2D eigenvalue weighted by Gasteiger charge is -2.09. The molecule has 1 N–H and O–H groups in total. The van der Waals surface area contributed by atoms with Crippen molar-refractivity contribution in [3.8, 4) is 0 Å². The summed E-state index contributed by atoms with van der Waals surface area (Å²) in [5.41, 5.74) is 0.839. The van der Waals surface area contributed by atoms with E-state index in [1.54, 1.807) is 10.6 Å². The van der Waals surface area contributed by atoms with Crippen LogP contribution in [0, 0.1) is 6.92 Å². The predicted molar refractivity (Wildman–Crippen MR) is 66.8 cm³/mol. The second-order valence-corrected chi connectivity index (χ2v) is 4.61. The summed E-state index contributed by atoms with van der Waals surface area (Å²) in [6, 6.07) is 1.81. The third-order valence-corrected chi connectivity index (χ3v) is 3.14. The maximum Gasteiger partial charge on any atom is 0.289 e. The molecule has 1 saturated heterocycles. The lowest BCUT2D eigenvalue weighted by molar-refractivity contribution is 0.0848. The molecule has 0 aromatic carbocycles. The molecule has 2 aromatic rings. The number of ether oxygens (including phenoxy) is 1. The summed E-state index contributed by atoms with van der Waals surface area (Å²) in [6.07, 6.45) is 3.90. The van der Waals surface area contributed by atoms with Crippen LogP contribution in [0.15, 0.2) is 12.3 Å². The molecule has 1 aliphatic rings. The Bertz CT molecular complexity index is 603. The van der Waals surface area contributed by atoms with E-state index < -0.39 is 0 Å². The number of fused-ring (bicyclic) bond motifs is 1. The van der Waals surface area contributed by atoms with E-state index in [2.05, 4.69) is 20.5 Å². The number of carbonyl (C=O) groups excluding carboxylic acids is 1. The van der Waals surface area contributed by atoms with Gasteiger partial charge in [-0.25, -0.2) is 4.98 Å². The number of hydrogen-bond donors (Lipinski definition) is 1. The molecule has 1 aliphatic heterocycles. The first-order chi connectivity index (χ1) is 9.24. The number of rotatable bonds is 3. The second kappa shape index (κ2) is 4.93. The summed E-state index contributed by atoms with van der Waals surface area (Å²) in [7, 11) is 0. The minimum Gasteiger partial charge on any atom is -0.376 e. The van der Waals surface area contributed by atoms with Crippen LogP contribution in [0.1, 0.15) is 29.2 Å². The van der Waals surface area contributed by atoms with Crippen LogP contribution in [-0.4, -0.2) is 44.7 Å². The minimum atomic E-state index is -0.256. The highest BCUT2D eigenvalue weighted by molar-refractivity contribution is 5.91. The zero-order valence-electron chi connectivity index (χ0n) is 10.7. The van der Waals surface area contributed by atoms with Crippen molar-refractivity contribution in [1.29, 1.82) is 0 Å². The Hall–Kier alpha value is -2.02. The van der Waals surface area contributed by atoms with E-state index in [-0.39, 0.29) is 17.8 Å². The van der Waals surface area contributed by atoms with E-state index in [9.17, 15) is 4.79 Å². The average molecular weight is 261 g/mol. The molecule has 1 fully saturated rings. The number of hydrogen-bond acceptors (Lipinski definition) is 5. The molecule has 0 spiro atoms. The Morgan fingerprint density at radius 1 is 1.58 bits per heavy atom. The highest BCUT2D eigenvalue weighted by Crippen LogP contribution is 2.10. The summed E-state index contributed by atoms with van der Waals surface area (Å²) >= 11 is 0. The van der Waals surface area contributed by atoms with E-state index in [1.807, 2.05) is 13.0 Å². The molecular formula is C12H15N5O2. The van der Waals surface area contributed by atoms with Crippen molar-refractivity contribution in [2.24, 2.45) is 0 Å². The number of aromatic nitrogens is 4. The quantitative estimate of drug-likeness (QED) is 0.861. The number of nitrogens with one attached hydrogen (secondary N) is 1. The normalized spacial score (nSPS) is 18.9. The van der Waals surface area contributed by atoms with E-state index >= 15 is 0 Å². The molecule has 0 radical (unpaired) electrons. The van der Waals surface area contributed by atoms with Crippen molar-refractivity contribution in [2.45, 2.75) is 25.9 Å². The zero-order chi connectivity index (χ0) is 13.2. The van der Waals surface area contributed by atoms with Gasteiger partial charge in [-0.3, -0.25) is 9.20 Å². The number of amides is 1. The zero-order valence-corrected chi connectivity index (χ0v) is 10.7. The van der Waals surface area contributed by atoms with Gasteiger partial charge in [0.1, 0.15) is 0 Å². The maximum atomic E-state index is 12.0. The van der Waals surface area contributed by atoms with Gasteiger partial charge in [0.25, 0.3) is 11.7 Å². The van der Waals surface area contributed by atoms with Crippen LogP contribution < -0.4 is 5.32 Å². The molecule has 1 atom stereocenters. The van der Waals surface area contributed by atoms with Crippen molar-refractivity contribution in [3.05, 3.63) is 23.8 Å². The van der Waals surface area contributed by atoms with E-state index in [1.165, 1.54) is 0 Å². The summed E-state index contributed by atoms with van der Waals surface area (Å²) < 4.78 is 7.04. The molecule has 100 valence electrons. The Balaban J connectivity index is 1.74. The fraction of sp³-hybridized carbons (Fsp3) is 0.500. The third-order valence-electron chi connectivity index (χ3n) is 3.14. The number of nitrogens with zero attached hydrogens (tertiary/aromatic N) is 4. The first kappa shape index (κ1) is 12.0. The molecule has 1 unspecified atom stereocenters. The van der Waals surface area contributed by atoms with Crippen molar-refractivity contribution < 1.29 is 9.53 Å². The Kier molecular flexibility index (Phi) is 3.12. The van der Waals surface area contributed by atoms with Crippen LogP contribution in [0.2, 0.25) is 0 Å². The summed E-state index contributed by atoms with van der Waals surface area (Å²) in [5, 5.41) is 10.6. The lowest BCUT2D eigenvalue weighted by Crippen LogP contribution is -2.32. The van der Waals surface area contributed by atoms with E-state index in [4.69, 9.17) is 4.74 Å². The minimum absolute atomic E-state index is 0.114. The fourth-order valence-electron chi connectivity index (χ4n) is 2.12. The van der Waals surface area contributed by atoms with Gasteiger partial charge in [0, 0.05) is 25.0 Å². The van der Waals surface area contributed by atoms with Crippen LogP contribution in [0.3, 0.4) is 0 Å². The molecule has 2 aromatic heterocycles. The highest BCUT2D eigenvalue weighted by atomic mass is 16.5. The Labute approximate surface area is 110 Å². The van der Waals surface area contributed by atoms with Gasteiger partial charge >= 0.3 is 0 Å². The fourth-order valence-corrected chi connectivity index (χ4v) is 2.12. The molecule has 3 rings (SSSR count). The van der Waals surface area contributed by atoms with Gasteiger partial charge in [0.05, 0.1) is 6.10 Å². The molecule has 0 aliphatic carbocycles. The molecule has 7 heteroatoms. The van der Waals surface area contributed by atoms with Crippen LogP contribution in [0.25, 0.3) is 5.78 Å². The standard InChI is InChI=1S/C12H15N5O2/c1-8-4-5-17-10(15-16-12(17)14-8)11(18)13-7-9-3-2-6-19-9/h4-5,9H,2-3,6-7H2,1H3,(H,13,18). The first-order valence-electron chi connectivity index (χ1n) is 6.32. The molecule has 3 heterocycles. The van der Waals surface area contributed by atoms with Gasteiger partial charge < -0.3 is 10.1 Å². The second-order valence-electron chi connectivity index (χ2n) is 4.61. The van der Waals surface area contributed by atoms with Crippen LogP contribution in [0.4, 0.5) is 0 Å². The Morgan fingerprint density at radius 3 is 3.26 bits per heavy atom. The smallest absolute Gasteiger partial charge is 0.289 e. The SMILES string of the molecule is Cc1ccn2c(C(=O)NCC3CCCO3)nnc2n1. The molecule has 0 saturated carbocycles. The average Bonchev–Trinajstić information content (AvgIpc) is 3.04. The van der Waals surface area contributed by atoms with Crippen molar-refractivity contribution in [1.82, 2.24) is 24.9 Å².